The molecule has 8 heteroatoms. The molecule has 0 spiro atoms. The summed E-state index contributed by atoms with van der Waals surface area (Å²) in [4.78, 5) is 20.6. The second-order valence-corrected chi connectivity index (χ2v) is 6.20. The first-order valence-electron chi connectivity index (χ1n) is 9.14. The lowest BCUT2D eigenvalue weighted by atomic mass is 10.2. The van der Waals surface area contributed by atoms with Crippen LogP contribution in [-0.4, -0.2) is 34.7 Å². The molecule has 4 aromatic rings. The van der Waals surface area contributed by atoms with Gasteiger partial charge in [-0.05, 0) is 48.5 Å². The summed E-state index contributed by atoms with van der Waals surface area (Å²) in [5.41, 5.74) is 1.38. The molecule has 150 valence electrons. The summed E-state index contributed by atoms with van der Waals surface area (Å²) in [5.74, 6) is 2.06. The summed E-state index contributed by atoms with van der Waals surface area (Å²) >= 11 is 0. The van der Waals surface area contributed by atoms with Gasteiger partial charge in [0.2, 0.25) is 5.82 Å². The first kappa shape index (κ1) is 19.1. The van der Waals surface area contributed by atoms with E-state index in [0.717, 1.165) is 11.3 Å². The topological polar surface area (TPSA) is 99.4 Å². The molecule has 0 fully saturated rings. The monoisotopic (exact) mass is 402 g/mol. The van der Waals surface area contributed by atoms with Gasteiger partial charge in [0.1, 0.15) is 17.3 Å². The fourth-order valence-corrected chi connectivity index (χ4v) is 2.72. The van der Waals surface area contributed by atoms with Crippen LogP contribution in [0.4, 0.5) is 5.82 Å². The zero-order valence-electron chi connectivity index (χ0n) is 16.1. The van der Waals surface area contributed by atoms with Gasteiger partial charge in [0.15, 0.2) is 6.61 Å². The Morgan fingerprint density at radius 3 is 2.60 bits per heavy atom. The molecule has 4 rings (SSSR count). The third-order valence-corrected chi connectivity index (χ3v) is 4.18. The van der Waals surface area contributed by atoms with E-state index >= 15 is 0 Å². The highest BCUT2D eigenvalue weighted by molar-refractivity contribution is 5.91. The number of hydrogen-bond donors (Lipinski definition) is 1. The Balaban J connectivity index is 1.48. The molecule has 0 aliphatic rings. The number of benzene rings is 2. The van der Waals surface area contributed by atoms with Crippen molar-refractivity contribution in [3.05, 3.63) is 72.9 Å². The van der Waals surface area contributed by atoms with Crippen molar-refractivity contribution in [1.82, 2.24) is 15.1 Å². The van der Waals surface area contributed by atoms with Gasteiger partial charge in [-0.3, -0.25) is 4.79 Å². The fraction of sp³-hybridized carbons (Fsp3) is 0.0909. The highest BCUT2D eigenvalue weighted by Gasteiger charge is 2.16. The van der Waals surface area contributed by atoms with E-state index in [0.29, 0.717) is 28.8 Å². The SMILES string of the molecule is COc1ccc(-c2noc(-c3ccccc3OCC(=O)Nc3ccccn3)n2)cc1. The quantitative estimate of drug-likeness (QED) is 0.501. The molecule has 2 aromatic carbocycles. The molecular formula is C22H18N4O4. The van der Waals surface area contributed by atoms with Crippen LogP contribution in [0.15, 0.2) is 77.4 Å². The molecule has 1 amide bonds. The van der Waals surface area contributed by atoms with Crippen LogP contribution in [0.2, 0.25) is 0 Å². The Morgan fingerprint density at radius 1 is 1.03 bits per heavy atom. The van der Waals surface area contributed by atoms with Gasteiger partial charge in [-0.2, -0.15) is 4.98 Å². The van der Waals surface area contributed by atoms with Crippen molar-refractivity contribution in [2.24, 2.45) is 0 Å². The molecule has 2 aromatic heterocycles. The molecular weight excluding hydrogens is 384 g/mol. The molecule has 1 N–H and O–H groups in total. The minimum absolute atomic E-state index is 0.187. The van der Waals surface area contributed by atoms with E-state index < -0.39 is 0 Å². The van der Waals surface area contributed by atoms with E-state index in [-0.39, 0.29) is 12.5 Å². The highest BCUT2D eigenvalue weighted by atomic mass is 16.5. The smallest absolute Gasteiger partial charge is 0.263 e. The molecule has 30 heavy (non-hydrogen) atoms. The van der Waals surface area contributed by atoms with E-state index in [4.69, 9.17) is 14.0 Å². The minimum atomic E-state index is -0.326. The number of nitrogens with zero attached hydrogens (tertiary/aromatic N) is 3. The number of ether oxygens (including phenoxy) is 2. The Bertz CT molecular complexity index is 1130. The van der Waals surface area contributed by atoms with E-state index in [1.807, 2.05) is 30.3 Å². The number of aromatic nitrogens is 3. The van der Waals surface area contributed by atoms with Gasteiger partial charge >= 0.3 is 0 Å². The Kier molecular flexibility index (Phi) is 5.66. The predicted octanol–water partition coefficient (Wildman–Crippen LogP) is 3.82. The maximum atomic E-state index is 12.1. The van der Waals surface area contributed by atoms with Crippen LogP contribution in [0.3, 0.4) is 0 Å². The second kappa shape index (κ2) is 8.87. The van der Waals surface area contributed by atoms with Gasteiger partial charge in [0.25, 0.3) is 11.8 Å². The molecule has 0 atom stereocenters. The lowest BCUT2D eigenvalue weighted by Gasteiger charge is -2.09. The van der Waals surface area contributed by atoms with Gasteiger partial charge in [-0.25, -0.2) is 4.98 Å². The molecule has 8 nitrogen and oxygen atoms in total. The number of methoxy groups -OCH3 is 1. The van der Waals surface area contributed by atoms with E-state index in [9.17, 15) is 4.79 Å². The van der Waals surface area contributed by atoms with Gasteiger partial charge in [0.05, 0.1) is 12.7 Å². The molecule has 0 saturated carbocycles. The van der Waals surface area contributed by atoms with Crippen molar-refractivity contribution in [3.63, 3.8) is 0 Å². The van der Waals surface area contributed by atoms with Crippen molar-refractivity contribution in [3.8, 4) is 34.3 Å². The van der Waals surface area contributed by atoms with Crippen LogP contribution in [-0.2, 0) is 4.79 Å². The number of carbonyl (C=O) groups excluding carboxylic acids is 1. The number of amides is 1. The Labute approximate surface area is 172 Å². The van der Waals surface area contributed by atoms with Gasteiger partial charge in [-0.1, -0.05) is 23.4 Å². The summed E-state index contributed by atoms with van der Waals surface area (Å²) < 4.78 is 16.3. The zero-order chi connectivity index (χ0) is 20.8. The van der Waals surface area contributed by atoms with Gasteiger partial charge in [-0.15, -0.1) is 0 Å². The third kappa shape index (κ3) is 4.44. The van der Waals surface area contributed by atoms with Gasteiger partial charge < -0.3 is 19.3 Å². The Hall–Kier alpha value is -4.20. The lowest BCUT2D eigenvalue weighted by molar-refractivity contribution is -0.118. The zero-order valence-corrected chi connectivity index (χ0v) is 16.1. The van der Waals surface area contributed by atoms with Crippen molar-refractivity contribution in [2.75, 3.05) is 19.0 Å². The van der Waals surface area contributed by atoms with Crippen LogP contribution in [0.1, 0.15) is 0 Å². The molecule has 0 aliphatic carbocycles. The number of para-hydroxylation sites is 1. The summed E-state index contributed by atoms with van der Waals surface area (Å²) in [6.07, 6.45) is 1.60. The molecule has 2 heterocycles. The summed E-state index contributed by atoms with van der Waals surface area (Å²) in [6, 6.07) is 19.7. The highest BCUT2D eigenvalue weighted by Crippen LogP contribution is 2.30. The number of hydrogen-bond acceptors (Lipinski definition) is 7. The number of pyridine rings is 1. The summed E-state index contributed by atoms with van der Waals surface area (Å²) in [7, 11) is 1.61. The summed E-state index contributed by atoms with van der Waals surface area (Å²) in [6.45, 7) is -0.187. The molecule has 0 unspecified atom stereocenters. The molecule has 0 aliphatic heterocycles. The number of anilines is 1. The van der Waals surface area contributed by atoms with Crippen LogP contribution in [0.25, 0.3) is 22.8 Å². The largest absolute Gasteiger partial charge is 0.497 e. The van der Waals surface area contributed by atoms with E-state index in [1.54, 1.807) is 49.7 Å². The molecule has 0 saturated heterocycles. The first-order valence-corrected chi connectivity index (χ1v) is 9.14. The summed E-state index contributed by atoms with van der Waals surface area (Å²) in [5, 5.41) is 6.71. The molecule has 0 radical (unpaired) electrons. The van der Waals surface area contributed by atoms with Crippen molar-refractivity contribution < 1.29 is 18.8 Å². The normalized spacial score (nSPS) is 10.4. The average Bonchev–Trinajstić information content (AvgIpc) is 3.29. The van der Waals surface area contributed by atoms with Crippen molar-refractivity contribution in [1.29, 1.82) is 0 Å². The maximum absolute atomic E-state index is 12.1. The number of carbonyl (C=O) groups is 1. The minimum Gasteiger partial charge on any atom is -0.497 e. The van der Waals surface area contributed by atoms with Crippen LogP contribution < -0.4 is 14.8 Å². The van der Waals surface area contributed by atoms with Crippen LogP contribution >= 0.6 is 0 Å². The standard InChI is InChI=1S/C22H18N4O4/c1-28-16-11-9-15(10-12-16)21-25-22(30-26-21)17-6-2-3-7-18(17)29-14-20(27)24-19-8-4-5-13-23-19/h2-13H,14H2,1H3,(H,23,24,27). The van der Waals surface area contributed by atoms with Crippen molar-refractivity contribution in [2.45, 2.75) is 0 Å². The van der Waals surface area contributed by atoms with Crippen molar-refractivity contribution >= 4 is 11.7 Å². The Morgan fingerprint density at radius 2 is 1.83 bits per heavy atom. The fourth-order valence-electron chi connectivity index (χ4n) is 2.72. The first-order chi connectivity index (χ1) is 14.7. The molecule has 0 bridgehead atoms. The maximum Gasteiger partial charge on any atom is 0.263 e. The second-order valence-electron chi connectivity index (χ2n) is 6.20. The van der Waals surface area contributed by atoms with E-state index in [2.05, 4.69) is 20.4 Å². The average molecular weight is 402 g/mol. The lowest BCUT2D eigenvalue weighted by Crippen LogP contribution is -2.20. The number of rotatable bonds is 7. The van der Waals surface area contributed by atoms with Gasteiger partial charge in [0, 0.05) is 11.8 Å². The van der Waals surface area contributed by atoms with E-state index in [1.165, 1.54) is 0 Å². The number of nitrogens with one attached hydrogen (secondary N) is 1. The third-order valence-electron chi connectivity index (χ3n) is 4.18. The predicted molar refractivity (Wildman–Crippen MR) is 110 cm³/mol. The van der Waals surface area contributed by atoms with Crippen LogP contribution in [0.5, 0.6) is 11.5 Å². The van der Waals surface area contributed by atoms with Crippen LogP contribution in [0, 0.1) is 0 Å².